The van der Waals surface area contributed by atoms with Gasteiger partial charge in [-0.05, 0) is 27.2 Å². The summed E-state index contributed by atoms with van der Waals surface area (Å²) >= 11 is 0. The van der Waals surface area contributed by atoms with Crippen molar-refractivity contribution in [2.45, 2.75) is 63.9 Å². The lowest BCUT2D eigenvalue weighted by Gasteiger charge is -2.16. The maximum absolute atomic E-state index is 12.1. The van der Waals surface area contributed by atoms with Crippen LogP contribution in [0.3, 0.4) is 0 Å². The van der Waals surface area contributed by atoms with Gasteiger partial charge in [-0.2, -0.15) is 0 Å². The second-order valence-electron chi connectivity index (χ2n) is 6.31. The van der Waals surface area contributed by atoms with Gasteiger partial charge >= 0.3 is 0 Å². The quantitative estimate of drug-likeness (QED) is 0.369. The van der Waals surface area contributed by atoms with E-state index < -0.39 is 17.7 Å². The van der Waals surface area contributed by atoms with Gasteiger partial charge in [0.15, 0.2) is 0 Å². The lowest BCUT2D eigenvalue weighted by Crippen LogP contribution is -2.35. The summed E-state index contributed by atoms with van der Waals surface area (Å²) in [5.41, 5.74) is 0.866. The summed E-state index contributed by atoms with van der Waals surface area (Å²) in [6.45, 7) is 6.62. The van der Waals surface area contributed by atoms with E-state index in [9.17, 15) is 9.59 Å². The van der Waals surface area contributed by atoms with Gasteiger partial charge in [0.2, 0.25) is 11.6 Å². The molecule has 2 saturated heterocycles. The number of allylic oxidation sites excluding steroid dienone is 1. The maximum atomic E-state index is 12.1. The molecule has 5 heteroatoms. The first-order chi connectivity index (χ1) is 9.85. The molecule has 0 aliphatic carbocycles. The van der Waals surface area contributed by atoms with Crippen LogP contribution in [-0.2, 0) is 23.8 Å². The average Bonchev–Trinajstić information content (AvgIpc) is 3.32. The summed E-state index contributed by atoms with van der Waals surface area (Å²) < 4.78 is 15.9. The Labute approximate surface area is 125 Å². The molecule has 0 N–H and O–H groups in total. The summed E-state index contributed by atoms with van der Waals surface area (Å²) in [4.78, 5) is 24.0. The zero-order valence-corrected chi connectivity index (χ0v) is 13.2. The lowest BCUT2D eigenvalue weighted by atomic mass is 9.93. The van der Waals surface area contributed by atoms with Crippen LogP contribution >= 0.6 is 0 Å². The molecule has 0 amide bonds. The van der Waals surface area contributed by atoms with E-state index in [2.05, 4.69) is 6.08 Å². The Hall–Kier alpha value is -1.04. The van der Waals surface area contributed by atoms with Gasteiger partial charge in [0.1, 0.15) is 6.10 Å². The highest BCUT2D eigenvalue weighted by Gasteiger charge is 2.53. The van der Waals surface area contributed by atoms with Crippen molar-refractivity contribution in [1.82, 2.24) is 0 Å². The number of epoxide rings is 2. The van der Waals surface area contributed by atoms with E-state index in [1.54, 1.807) is 0 Å². The van der Waals surface area contributed by atoms with E-state index in [1.807, 2.05) is 20.8 Å². The average molecular weight is 296 g/mol. The predicted molar refractivity (Wildman–Crippen MR) is 77.1 cm³/mol. The van der Waals surface area contributed by atoms with Crippen molar-refractivity contribution in [1.29, 1.82) is 0 Å². The number of hydrogen-bond donors (Lipinski definition) is 0. The highest BCUT2D eigenvalue weighted by Crippen LogP contribution is 2.43. The second-order valence-corrected chi connectivity index (χ2v) is 6.31. The molecular weight excluding hydrogens is 272 g/mol. The van der Waals surface area contributed by atoms with Crippen molar-refractivity contribution in [3.63, 3.8) is 0 Å². The molecule has 0 bridgehead atoms. The third-order valence-electron chi connectivity index (χ3n) is 4.03. The molecule has 0 saturated carbocycles. The molecule has 5 nitrogen and oxygen atoms in total. The van der Waals surface area contributed by atoms with E-state index in [-0.39, 0.29) is 24.2 Å². The SMILES string of the molecule is COC(CC1(C)OC1CC=C(C)C)C(=O)C(=O)CC1CO1. The molecule has 0 aromatic rings. The molecule has 0 aromatic heterocycles. The van der Waals surface area contributed by atoms with Crippen molar-refractivity contribution >= 4 is 11.6 Å². The molecule has 2 heterocycles. The number of Topliss-reactive ketones (excluding diaryl/α,β-unsaturated/α-hetero) is 2. The Morgan fingerprint density at radius 3 is 2.62 bits per heavy atom. The Kier molecular flexibility index (Phi) is 4.96. The van der Waals surface area contributed by atoms with Gasteiger partial charge in [0.05, 0.1) is 24.4 Å². The fourth-order valence-electron chi connectivity index (χ4n) is 2.43. The van der Waals surface area contributed by atoms with Crippen LogP contribution in [0.25, 0.3) is 0 Å². The van der Waals surface area contributed by atoms with Crippen LogP contribution in [-0.4, -0.2) is 49.2 Å². The normalized spacial score (nSPS) is 31.4. The van der Waals surface area contributed by atoms with Crippen molar-refractivity contribution in [3.05, 3.63) is 11.6 Å². The third kappa shape index (κ3) is 4.46. The highest BCUT2D eigenvalue weighted by atomic mass is 16.6. The van der Waals surface area contributed by atoms with Gasteiger partial charge in [-0.1, -0.05) is 11.6 Å². The molecule has 0 spiro atoms. The van der Waals surface area contributed by atoms with Crippen LogP contribution in [0.2, 0.25) is 0 Å². The van der Waals surface area contributed by atoms with E-state index in [0.29, 0.717) is 13.0 Å². The standard InChI is InChI=1S/C16H24O5/c1-10(2)5-6-14-16(3,21-14)8-13(19-4)15(18)12(17)7-11-9-20-11/h5,11,13-14H,6-9H2,1-4H3. The topological polar surface area (TPSA) is 68.4 Å². The summed E-state index contributed by atoms with van der Waals surface area (Å²) in [6.07, 6.45) is 2.83. The molecule has 2 rings (SSSR count). The minimum Gasteiger partial charge on any atom is -0.373 e. The number of carbonyl (C=O) groups is 2. The Bertz CT molecular complexity index is 448. The minimum atomic E-state index is -0.724. The van der Waals surface area contributed by atoms with Crippen molar-refractivity contribution < 1.29 is 23.8 Å². The van der Waals surface area contributed by atoms with Gasteiger partial charge in [-0.25, -0.2) is 0 Å². The van der Waals surface area contributed by atoms with E-state index >= 15 is 0 Å². The van der Waals surface area contributed by atoms with Gasteiger partial charge in [-0.3, -0.25) is 9.59 Å². The number of methoxy groups -OCH3 is 1. The first-order valence-corrected chi connectivity index (χ1v) is 7.38. The Morgan fingerprint density at radius 2 is 2.10 bits per heavy atom. The van der Waals surface area contributed by atoms with Gasteiger partial charge in [0.25, 0.3) is 0 Å². The van der Waals surface area contributed by atoms with Crippen LogP contribution in [0.4, 0.5) is 0 Å². The van der Waals surface area contributed by atoms with Crippen molar-refractivity contribution in [2.24, 2.45) is 0 Å². The van der Waals surface area contributed by atoms with Crippen molar-refractivity contribution in [2.75, 3.05) is 13.7 Å². The van der Waals surface area contributed by atoms with Crippen LogP contribution in [0.1, 0.15) is 40.0 Å². The molecule has 0 radical (unpaired) electrons. The van der Waals surface area contributed by atoms with Crippen LogP contribution in [0, 0.1) is 0 Å². The second kappa shape index (κ2) is 6.38. The van der Waals surface area contributed by atoms with Crippen LogP contribution < -0.4 is 0 Å². The molecule has 4 unspecified atom stereocenters. The Balaban J connectivity index is 1.85. The van der Waals surface area contributed by atoms with Crippen LogP contribution in [0.15, 0.2) is 11.6 Å². The zero-order valence-electron chi connectivity index (χ0n) is 13.2. The van der Waals surface area contributed by atoms with Gasteiger partial charge < -0.3 is 14.2 Å². The first kappa shape index (κ1) is 16.3. The molecule has 0 aromatic carbocycles. The molecule has 2 fully saturated rings. The number of hydrogen-bond acceptors (Lipinski definition) is 5. The third-order valence-corrected chi connectivity index (χ3v) is 4.03. The van der Waals surface area contributed by atoms with E-state index in [1.165, 1.54) is 12.7 Å². The number of rotatable bonds is 9. The first-order valence-electron chi connectivity index (χ1n) is 7.38. The van der Waals surface area contributed by atoms with Gasteiger partial charge in [-0.15, -0.1) is 0 Å². The maximum Gasteiger partial charge on any atom is 0.227 e. The largest absolute Gasteiger partial charge is 0.373 e. The molecule has 2 aliphatic heterocycles. The minimum absolute atomic E-state index is 0.0721. The lowest BCUT2D eigenvalue weighted by molar-refractivity contribution is -0.143. The number of ketones is 2. The highest BCUT2D eigenvalue weighted by molar-refractivity contribution is 6.39. The number of ether oxygens (including phenoxy) is 3. The summed E-state index contributed by atoms with van der Waals surface area (Å²) in [5, 5.41) is 0. The summed E-state index contributed by atoms with van der Waals surface area (Å²) in [5.74, 6) is -0.875. The fourth-order valence-corrected chi connectivity index (χ4v) is 2.43. The molecule has 2 aliphatic rings. The number of carbonyl (C=O) groups excluding carboxylic acids is 2. The fraction of sp³-hybridized carbons (Fsp3) is 0.750. The molecule has 21 heavy (non-hydrogen) atoms. The molecular formula is C16H24O5. The van der Waals surface area contributed by atoms with Gasteiger partial charge in [0, 0.05) is 20.0 Å². The molecule has 118 valence electrons. The van der Waals surface area contributed by atoms with Crippen LogP contribution in [0.5, 0.6) is 0 Å². The summed E-state index contributed by atoms with van der Waals surface area (Å²) in [6, 6.07) is 0. The van der Waals surface area contributed by atoms with E-state index in [4.69, 9.17) is 14.2 Å². The van der Waals surface area contributed by atoms with Crippen molar-refractivity contribution in [3.8, 4) is 0 Å². The zero-order chi connectivity index (χ0) is 15.6. The molecule has 4 atom stereocenters. The summed E-state index contributed by atoms with van der Waals surface area (Å²) in [7, 11) is 1.46. The van der Waals surface area contributed by atoms with E-state index in [0.717, 1.165) is 6.42 Å². The predicted octanol–water partition coefficient (Wildman–Crippen LogP) is 1.83. The monoisotopic (exact) mass is 296 g/mol. The smallest absolute Gasteiger partial charge is 0.227 e. The Morgan fingerprint density at radius 1 is 1.43 bits per heavy atom.